The molecule has 1 aliphatic rings. The largest absolute Gasteiger partial charge is 0.386 e. The highest BCUT2D eigenvalue weighted by Gasteiger charge is 2.20. The summed E-state index contributed by atoms with van der Waals surface area (Å²) in [5, 5.41) is 14.1. The summed E-state index contributed by atoms with van der Waals surface area (Å²) in [7, 11) is -0.930. The van der Waals surface area contributed by atoms with Crippen LogP contribution in [0.25, 0.3) is 10.4 Å². The number of nitrogens with one attached hydrogen (secondary N) is 1. The van der Waals surface area contributed by atoms with E-state index >= 15 is 0 Å². The third-order valence-corrected chi connectivity index (χ3v) is 8.19. The van der Waals surface area contributed by atoms with Gasteiger partial charge in [-0.2, -0.15) is 0 Å². The van der Waals surface area contributed by atoms with Crippen molar-refractivity contribution in [3.8, 4) is 10.4 Å². The predicted molar refractivity (Wildman–Crippen MR) is 142 cm³/mol. The summed E-state index contributed by atoms with van der Waals surface area (Å²) in [6.07, 6.45) is 1.72. The summed E-state index contributed by atoms with van der Waals surface area (Å²) in [6.45, 7) is 7.42. The minimum Gasteiger partial charge on any atom is -0.386 e. The van der Waals surface area contributed by atoms with Crippen molar-refractivity contribution in [3.63, 3.8) is 0 Å². The van der Waals surface area contributed by atoms with E-state index in [2.05, 4.69) is 10.2 Å². The first kappa shape index (κ1) is 25.5. The molecule has 1 atom stereocenters. The van der Waals surface area contributed by atoms with E-state index in [4.69, 9.17) is 10.7 Å². The molecule has 1 amide bonds. The number of benzene rings is 1. The van der Waals surface area contributed by atoms with Gasteiger partial charge in [-0.1, -0.05) is 30.3 Å². The zero-order valence-corrected chi connectivity index (χ0v) is 21.8. The molecule has 10 heteroatoms. The molecule has 1 saturated heterocycles. The van der Waals surface area contributed by atoms with Crippen molar-refractivity contribution >= 4 is 39.0 Å². The molecule has 3 heterocycles. The lowest BCUT2D eigenvalue weighted by atomic mass is 9.97. The van der Waals surface area contributed by atoms with E-state index in [1.54, 1.807) is 26.2 Å². The van der Waals surface area contributed by atoms with E-state index < -0.39 is 22.5 Å². The summed E-state index contributed by atoms with van der Waals surface area (Å²) in [5.41, 5.74) is 7.83. The predicted octanol–water partition coefficient (Wildman–Crippen LogP) is 3.29. The van der Waals surface area contributed by atoms with Gasteiger partial charge < -0.3 is 16.2 Å². The van der Waals surface area contributed by atoms with Crippen molar-refractivity contribution in [2.45, 2.75) is 26.0 Å². The Morgan fingerprint density at radius 3 is 2.46 bits per heavy atom. The van der Waals surface area contributed by atoms with E-state index in [-0.39, 0.29) is 0 Å². The number of pyridine rings is 1. The van der Waals surface area contributed by atoms with Gasteiger partial charge in [0, 0.05) is 43.9 Å². The van der Waals surface area contributed by atoms with Gasteiger partial charge in [-0.25, -0.2) is 13.5 Å². The number of nitrogens with zero attached hydrogens (tertiary/aromatic N) is 3. The molecule has 0 spiro atoms. The molecule has 1 fully saturated rings. The molecule has 8 nitrogen and oxygen atoms in total. The number of anilines is 2. The van der Waals surface area contributed by atoms with Crippen LogP contribution in [-0.4, -0.2) is 61.8 Å². The zero-order chi connectivity index (χ0) is 25.2. The van der Waals surface area contributed by atoms with Gasteiger partial charge in [0.25, 0.3) is 5.91 Å². The minimum absolute atomic E-state index is 0.410. The number of rotatable bonds is 8. The zero-order valence-electron chi connectivity index (χ0n) is 20.2. The number of piperazine rings is 1. The Kier molecular flexibility index (Phi) is 7.67. The van der Waals surface area contributed by atoms with Gasteiger partial charge in [0.2, 0.25) is 0 Å². The number of aromatic nitrogens is 1. The fraction of sp³-hybridized carbons (Fsp3) is 0.360. The highest BCUT2D eigenvalue weighted by molar-refractivity contribution is 7.81. The highest BCUT2D eigenvalue weighted by Crippen LogP contribution is 2.37. The summed E-state index contributed by atoms with van der Waals surface area (Å²) < 4.78 is 13.6. The molecule has 1 aliphatic heterocycles. The third-order valence-electron chi connectivity index (χ3n) is 6.00. The van der Waals surface area contributed by atoms with Crippen LogP contribution in [0, 0.1) is 0 Å². The Hall–Kier alpha value is -2.63. The Morgan fingerprint density at radius 2 is 1.86 bits per heavy atom. The number of primary amides is 1. The van der Waals surface area contributed by atoms with Crippen molar-refractivity contribution in [1.29, 1.82) is 0 Å². The van der Waals surface area contributed by atoms with E-state index in [9.17, 15) is 14.1 Å². The first-order chi connectivity index (χ1) is 16.6. The van der Waals surface area contributed by atoms with Crippen LogP contribution in [0.15, 0.2) is 48.5 Å². The standard InChI is InChI=1S/C25H31N5O3S2/c1-25(2,32)18-9-7-17(8-10-18)21-15-20(23(26)31)24(34-21)28-22-6-4-5-19(27-22)16-29-11-13-30(14-12-29)35(3)33/h4-10,15,32H,11-14,16H2,1-3H3,(H2,26,31)(H,27,28). The molecule has 1 aromatic carbocycles. The fourth-order valence-corrected chi connectivity index (χ4v) is 5.73. The van der Waals surface area contributed by atoms with Crippen molar-refractivity contribution < 1.29 is 14.1 Å². The third kappa shape index (κ3) is 6.33. The van der Waals surface area contributed by atoms with Crippen molar-refractivity contribution in [2.24, 2.45) is 5.73 Å². The first-order valence-corrected chi connectivity index (χ1v) is 13.7. The maximum atomic E-state index is 12.1. The van der Waals surface area contributed by atoms with E-state index in [0.717, 1.165) is 47.9 Å². The maximum absolute atomic E-state index is 12.1. The Morgan fingerprint density at radius 1 is 1.17 bits per heavy atom. The van der Waals surface area contributed by atoms with Crippen molar-refractivity contribution in [3.05, 3.63) is 65.4 Å². The topological polar surface area (TPSA) is 112 Å². The fourth-order valence-electron chi connectivity index (χ4n) is 3.98. The van der Waals surface area contributed by atoms with Crippen LogP contribution < -0.4 is 11.1 Å². The minimum atomic E-state index is -0.930. The van der Waals surface area contributed by atoms with Gasteiger partial charge in [0.05, 0.1) is 27.8 Å². The monoisotopic (exact) mass is 513 g/mol. The van der Waals surface area contributed by atoms with Gasteiger partial charge >= 0.3 is 0 Å². The number of hydrogen-bond donors (Lipinski definition) is 3. The van der Waals surface area contributed by atoms with E-state index in [0.29, 0.717) is 22.9 Å². The number of aliphatic hydroxyl groups is 1. The van der Waals surface area contributed by atoms with Crippen molar-refractivity contribution in [1.82, 2.24) is 14.2 Å². The molecule has 35 heavy (non-hydrogen) atoms. The highest BCUT2D eigenvalue weighted by atomic mass is 32.2. The Balaban J connectivity index is 1.50. The smallest absolute Gasteiger partial charge is 0.251 e. The average molecular weight is 514 g/mol. The van der Waals surface area contributed by atoms with Crippen LogP contribution >= 0.6 is 11.3 Å². The summed E-state index contributed by atoms with van der Waals surface area (Å²) >= 11 is 1.43. The Labute approximate surface area is 212 Å². The molecule has 0 radical (unpaired) electrons. The van der Waals surface area contributed by atoms with Crippen LogP contribution in [-0.2, 0) is 23.1 Å². The van der Waals surface area contributed by atoms with Gasteiger partial charge in [-0.3, -0.25) is 9.69 Å². The van der Waals surface area contributed by atoms with Gasteiger partial charge in [-0.05, 0) is 43.2 Å². The molecule has 3 aromatic rings. The van der Waals surface area contributed by atoms with Crippen molar-refractivity contribution in [2.75, 3.05) is 37.8 Å². The van der Waals surface area contributed by atoms with E-state index in [1.807, 2.05) is 46.8 Å². The molecule has 2 aromatic heterocycles. The van der Waals surface area contributed by atoms with Crippen LogP contribution in [0.3, 0.4) is 0 Å². The number of carbonyl (C=O) groups is 1. The number of thiophene rings is 1. The van der Waals surface area contributed by atoms with Crippen LogP contribution in [0.4, 0.5) is 10.8 Å². The lowest BCUT2D eigenvalue weighted by Gasteiger charge is -2.32. The second-order valence-corrected chi connectivity index (χ2v) is 11.5. The lowest BCUT2D eigenvalue weighted by molar-refractivity contribution is 0.0786. The van der Waals surface area contributed by atoms with E-state index in [1.165, 1.54) is 11.3 Å². The second-order valence-electron chi connectivity index (χ2n) is 9.12. The molecule has 186 valence electrons. The quantitative estimate of drug-likeness (QED) is 0.426. The van der Waals surface area contributed by atoms with Gasteiger partial charge in [0.1, 0.15) is 10.8 Å². The SMILES string of the molecule is CS(=O)N1CCN(Cc2cccc(Nc3sc(-c4ccc(C(C)(C)O)cc4)cc3C(N)=O)n2)CC1. The van der Waals surface area contributed by atoms with Crippen LogP contribution in [0.1, 0.15) is 35.5 Å². The first-order valence-electron chi connectivity index (χ1n) is 11.4. The van der Waals surface area contributed by atoms with Gasteiger partial charge in [0.15, 0.2) is 0 Å². The molecule has 4 rings (SSSR count). The average Bonchev–Trinajstić information content (AvgIpc) is 3.23. The number of amides is 1. The Bertz CT molecular complexity index is 1210. The van der Waals surface area contributed by atoms with Crippen LogP contribution in [0.2, 0.25) is 0 Å². The van der Waals surface area contributed by atoms with Crippen LogP contribution in [0.5, 0.6) is 0 Å². The molecule has 1 unspecified atom stereocenters. The van der Waals surface area contributed by atoms with Gasteiger partial charge in [-0.15, -0.1) is 11.3 Å². The summed E-state index contributed by atoms with van der Waals surface area (Å²) in [6, 6.07) is 15.2. The normalized spacial score (nSPS) is 16.2. The lowest BCUT2D eigenvalue weighted by Crippen LogP contribution is -2.46. The molecular formula is C25H31N5O3S2. The molecule has 0 saturated carbocycles. The molecule has 0 bridgehead atoms. The maximum Gasteiger partial charge on any atom is 0.251 e. The number of carbonyl (C=O) groups excluding carboxylic acids is 1. The summed E-state index contributed by atoms with van der Waals surface area (Å²) in [4.78, 5) is 20.1. The number of nitrogens with two attached hydrogens (primary N) is 1. The summed E-state index contributed by atoms with van der Waals surface area (Å²) in [5.74, 6) is 0.134. The molecule has 0 aliphatic carbocycles. The molecular weight excluding hydrogens is 482 g/mol. The second kappa shape index (κ2) is 10.5. The number of hydrogen-bond acceptors (Lipinski definition) is 7. The molecule has 4 N–H and O–H groups in total.